The molecule has 12 heteroatoms. The van der Waals surface area contributed by atoms with Gasteiger partial charge in [-0.05, 0) is 66.7 Å². The molecule has 1 heterocycles. The Bertz CT molecular complexity index is 1370. The lowest BCUT2D eigenvalue weighted by atomic mass is 10.1. The Kier molecular flexibility index (Phi) is 9.97. The third-order valence-corrected chi connectivity index (χ3v) is 5.44. The highest BCUT2D eigenvalue weighted by atomic mass is 16.4. The number of anilines is 4. The second-order valence-electron chi connectivity index (χ2n) is 8.08. The number of carbonyl (C=O) groups is 3. The highest BCUT2D eigenvalue weighted by Crippen LogP contribution is 2.24. The van der Waals surface area contributed by atoms with Crippen molar-refractivity contribution >= 4 is 52.8 Å². The summed E-state index contributed by atoms with van der Waals surface area (Å²) in [6, 6.07) is 18.9. The third kappa shape index (κ3) is 8.05. The van der Waals surface area contributed by atoms with E-state index in [4.69, 9.17) is 4.79 Å². The first-order valence-corrected chi connectivity index (χ1v) is 11.9. The summed E-state index contributed by atoms with van der Waals surface area (Å²) in [6.45, 7) is 1.59. The molecule has 0 aromatic heterocycles. The van der Waals surface area contributed by atoms with Gasteiger partial charge in [-0.25, -0.2) is 9.59 Å². The molecule has 0 radical (unpaired) electrons. The number of primary amides is 1. The molecule has 0 atom stereocenters. The molecule has 0 spiro atoms. The van der Waals surface area contributed by atoms with E-state index < -0.39 is 12.0 Å². The largest absolute Gasteiger partial charge is 0.478 e. The quantitative estimate of drug-likeness (QED) is 0.139. The molecule has 0 saturated carbocycles. The van der Waals surface area contributed by atoms with Crippen LogP contribution in [0.3, 0.4) is 0 Å². The maximum atomic E-state index is 12.6. The van der Waals surface area contributed by atoms with Crippen LogP contribution in [-0.4, -0.2) is 62.4 Å². The number of hydrogen-bond acceptors (Lipinski definition) is 7. The van der Waals surface area contributed by atoms with Gasteiger partial charge in [0, 0.05) is 54.5 Å². The van der Waals surface area contributed by atoms with Crippen LogP contribution in [0.2, 0.25) is 0 Å². The molecule has 0 saturated heterocycles. The van der Waals surface area contributed by atoms with E-state index in [1.165, 1.54) is 12.1 Å². The number of nitrogens with two attached hydrogens (primary N) is 1. The maximum Gasteiger partial charge on any atom is 0.335 e. The van der Waals surface area contributed by atoms with Crippen LogP contribution < -0.4 is 32.3 Å². The molecule has 1 aliphatic rings. The van der Waals surface area contributed by atoms with Crippen molar-refractivity contribution in [1.29, 1.82) is 0 Å². The predicted molar refractivity (Wildman–Crippen MR) is 153 cm³/mol. The monoisotopic (exact) mass is 530 g/mol. The van der Waals surface area contributed by atoms with Crippen LogP contribution in [0, 0.1) is 0 Å². The minimum Gasteiger partial charge on any atom is -0.478 e. The van der Waals surface area contributed by atoms with Gasteiger partial charge in [-0.2, -0.15) is 0 Å². The molecule has 0 fully saturated rings. The summed E-state index contributed by atoms with van der Waals surface area (Å²) >= 11 is 0. The summed E-state index contributed by atoms with van der Waals surface area (Å²) in [5.41, 5.74) is 8.29. The van der Waals surface area contributed by atoms with Crippen molar-refractivity contribution in [3.8, 4) is 0 Å². The number of nitrogens with one attached hydrogen (secondary N) is 5. The van der Waals surface area contributed by atoms with Crippen molar-refractivity contribution in [1.82, 2.24) is 10.6 Å². The second-order valence-corrected chi connectivity index (χ2v) is 8.08. The number of rotatable bonds is 7. The molecular weight excluding hydrogens is 500 g/mol. The van der Waals surface area contributed by atoms with E-state index in [0.717, 1.165) is 41.6 Å². The Morgan fingerprint density at radius 2 is 1.56 bits per heavy atom. The zero-order valence-corrected chi connectivity index (χ0v) is 21.5. The molecule has 0 unspecified atom stereocenters. The Morgan fingerprint density at radius 1 is 0.949 bits per heavy atom. The molecule has 3 aromatic carbocycles. The average Bonchev–Trinajstić information content (AvgIpc) is 3.46. The molecule has 1 aliphatic heterocycles. The molecule has 202 valence electrons. The van der Waals surface area contributed by atoms with Gasteiger partial charge in [-0.3, -0.25) is 14.8 Å². The fourth-order valence-electron chi connectivity index (χ4n) is 3.75. The van der Waals surface area contributed by atoms with Crippen LogP contribution in [0.25, 0.3) is 0 Å². The molecule has 12 nitrogen and oxygen atoms in total. The molecular formula is C27H30N8O4. The summed E-state index contributed by atoms with van der Waals surface area (Å²) in [6.07, 6.45) is 0.250. The van der Waals surface area contributed by atoms with Gasteiger partial charge < -0.3 is 37.4 Å². The zero-order chi connectivity index (χ0) is 28.2. The van der Waals surface area contributed by atoms with E-state index in [0.29, 0.717) is 17.1 Å². The number of hydrogen-bond donors (Lipinski definition) is 7. The van der Waals surface area contributed by atoms with E-state index in [1.54, 1.807) is 32.3 Å². The van der Waals surface area contributed by atoms with Gasteiger partial charge in [0.2, 0.25) is 6.41 Å². The first kappa shape index (κ1) is 28.2. The summed E-state index contributed by atoms with van der Waals surface area (Å²) in [5, 5.41) is 24.4. The lowest BCUT2D eigenvalue weighted by Crippen LogP contribution is -2.21. The van der Waals surface area contributed by atoms with Crippen LogP contribution in [0.15, 0.2) is 76.7 Å². The summed E-state index contributed by atoms with van der Waals surface area (Å²) < 4.78 is 0. The predicted octanol–water partition coefficient (Wildman–Crippen LogP) is 2.82. The third-order valence-electron chi connectivity index (χ3n) is 5.44. The highest BCUT2D eigenvalue weighted by molar-refractivity contribution is 6.03. The Hall–Kier alpha value is -5.39. The van der Waals surface area contributed by atoms with Gasteiger partial charge in [-0.1, -0.05) is 0 Å². The van der Waals surface area contributed by atoms with Gasteiger partial charge in [0.05, 0.1) is 12.1 Å². The molecule has 0 aliphatic carbocycles. The number of carboxylic acid groups (broad SMARTS) is 1. The maximum absolute atomic E-state index is 12.6. The van der Waals surface area contributed by atoms with Crippen molar-refractivity contribution in [3.05, 3.63) is 83.4 Å². The van der Waals surface area contributed by atoms with Gasteiger partial charge in [0.15, 0.2) is 0 Å². The van der Waals surface area contributed by atoms with Crippen LogP contribution in [0.5, 0.6) is 0 Å². The van der Waals surface area contributed by atoms with Crippen molar-refractivity contribution < 1.29 is 19.5 Å². The molecule has 0 bridgehead atoms. The molecule has 8 N–H and O–H groups in total. The zero-order valence-electron chi connectivity index (χ0n) is 21.5. The minimum atomic E-state index is -1.10. The van der Waals surface area contributed by atoms with Crippen molar-refractivity contribution in [2.45, 2.75) is 0 Å². The number of urea groups is 1. The average molecular weight is 531 g/mol. The van der Waals surface area contributed by atoms with Crippen LogP contribution in [-0.2, 0) is 4.79 Å². The number of carboxylic acids is 1. The number of nitrogens with zero attached hydrogens (tertiary/aromatic N) is 2. The lowest BCUT2D eigenvalue weighted by molar-refractivity contribution is -0.106. The lowest BCUT2D eigenvalue weighted by Gasteiger charge is -2.13. The van der Waals surface area contributed by atoms with Crippen LogP contribution in [0.1, 0.15) is 21.5 Å². The number of amidine groups is 2. The topological polar surface area (TPSA) is 182 Å². The fourth-order valence-corrected chi connectivity index (χ4v) is 3.75. The van der Waals surface area contributed by atoms with E-state index in [9.17, 15) is 14.7 Å². The summed E-state index contributed by atoms with van der Waals surface area (Å²) in [5.74, 6) is 0.494. The smallest absolute Gasteiger partial charge is 0.335 e. The Balaban J connectivity index is 0.00000134. The number of aliphatic imine (C=N–C) groups is 2. The van der Waals surface area contributed by atoms with Gasteiger partial charge in [0.1, 0.15) is 11.7 Å². The molecule has 39 heavy (non-hydrogen) atoms. The SMILES string of the molecule is CN=C(NC)c1ccc(NC(=O)Nc2cc(Nc3ccc(C4=NCCN4)cc3)cc(C(=O)O)c2)cc1.NC=O. The van der Waals surface area contributed by atoms with E-state index in [2.05, 4.69) is 42.3 Å². The van der Waals surface area contributed by atoms with Gasteiger partial charge in [0.25, 0.3) is 0 Å². The van der Waals surface area contributed by atoms with Gasteiger partial charge >= 0.3 is 12.0 Å². The molecule has 3 aromatic rings. The van der Waals surface area contributed by atoms with Crippen molar-refractivity contribution in [3.63, 3.8) is 0 Å². The van der Waals surface area contributed by atoms with E-state index >= 15 is 0 Å². The Labute approximate surface area is 225 Å². The van der Waals surface area contributed by atoms with E-state index in [-0.39, 0.29) is 12.0 Å². The van der Waals surface area contributed by atoms with Gasteiger partial charge in [-0.15, -0.1) is 0 Å². The summed E-state index contributed by atoms with van der Waals surface area (Å²) in [7, 11) is 3.48. The highest BCUT2D eigenvalue weighted by Gasteiger charge is 2.12. The summed E-state index contributed by atoms with van der Waals surface area (Å²) in [4.78, 5) is 41.4. The van der Waals surface area contributed by atoms with Crippen LogP contribution in [0.4, 0.5) is 27.5 Å². The fraction of sp³-hybridized carbons (Fsp3) is 0.148. The normalized spacial score (nSPS) is 12.2. The van der Waals surface area contributed by atoms with Crippen molar-refractivity contribution in [2.75, 3.05) is 43.1 Å². The molecule has 3 amide bonds. The standard InChI is InChI=1S/C26H27N7O3.CH3NO/c1-27-23(28-2)16-3-9-20(10-4-16)32-26(36)33-22-14-18(25(34)35)13-21(15-22)31-19-7-5-17(6-8-19)24-29-11-12-30-24;2-1-3/h3-10,13-15,31H,11-12H2,1-2H3,(H,27,28)(H,29,30)(H,34,35)(H2,32,33,36);1H,(H2,2,3). The second kappa shape index (κ2) is 13.8. The number of benzene rings is 3. The minimum absolute atomic E-state index is 0.0410. The molecule has 4 rings (SSSR count). The Morgan fingerprint density at radius 3 is 2.13 bits per heavy atom. The van der Waals surface area contributed by atoms with E-state index in [1.807, 2.05) is 36.4 Å². The number of carbonyl (C=O) groups excluding carboxylic acids is 2. The number of aromatic carboxylic acids is 1. The van der Waals surface area contributed by atoms with Crippen molar-refractivity contribution in [2.24, 2.45) is 15.7 Å². The first-order chi connectivity index (χ1) is 18.9. The number of amides is 3. The van der Waals surface area contributed by atoms with Crippen LogP contribution >= 0.6 is 0 Å². The first-order valence-electron chi connectivity index (χ1n) is 11.9.